The molecular formula is C20H25N5O3. The van der Waals surface area contributed by atoms with Crippen molar-refractivity contribution in [2.75, 3.05) is 5.32 Å². The summed E-state index contributed by atoms with van der Waals surface area (Å²) in [6, 6.07) is 7.85. The van der Waals surface area contributed by atoms with Crippen molar-refractivity contribution >= 4 is 22.8 Å². The maximum absolute atomic E-state index is 12.4. The van der Waals surface area contributed by atoms with Gasteiger partial charge in [-0.2, -0.15) is 0 Å². The molecule has 1 unspecified atom stereocenters. The first-order chi connectivity index (χ1) is 13.3. The Kier molecular flexibility index (Phi) is 5.48. The number of anilines is 1. The molecule has 0 aliphatic rings. The molecule has 3 aromatic rings. The minimum atomic E-state index is -0.429. The van der Waals surface area contributed by atoms with Gasteiger partial charge < -0.3 is 9.88 Å². The van der Waals surface area contributed by atoms with Gasteiger partial charge in [-0.1, -0.05) is 26.0 Å². The number of benzene rings is 1. The highest BCUT2D eigenvalue weighted by molar-refractivity contribution is 5.90. The fourth-order valence-corrected chi connectivity index (χ4v) is 3.14. The van der Waals surface area contributed by atoms with Gasteiger partial charge in [0.1, 0.15) is 0 Å². The number of amides is 1. The van der Waals surface area contributed by atoms with Crippen LogP contribution < -0.4 is 16.6 Å². The molecule has 0 saturated heterocycles. The molecule has 0 spiro atoms. The van der Waals surface area contributed by atoms with Crippen molar-refractivity contribution in [2.24, 2.45) is 14.1 Å². The van der Waals surface area contributed by atoms with Crippen molar-refractivity contribution in [3.05, 3.63) is 57.0 Å². The molecule has 1 N–H and O–H groups in total. The van der Waals surface area contributed by atoms with Crippen LogP contribution in [0.25, 0.3) is 11.2 Å². The Balaban J connectivity index is 1.72. The molecule has 8 heteroatoms. The van der Waals surface area contributed by atoms with Crippen LogP contribution in [-0.2, 0) is 25.4 Å². The fourth-order valence-electron chi connectivity index (χ4n) is 3.14. The summed E-state index contributed by atoms with van der Waals surface area (Å²) in [5.41, 5.74) is 1.76. The van der Waals surface area contributed by atoms with Crippen LogP contribution in [0, 0.1) is 0 Å². The van der Waals surface area contributed by atoms with E-state index in [4.69, 9.17) is 0 Å². The number of rotatable bonds is 6. The van der Waals surface area contributed by atoms with Crippen LogP contribution >= 0.6 is 0 Å². The zero-order valence-electron chi connectivity index (χ0n) is 16.6. The Morgan fingerprint density at radius 3 is 2.46 bits per heavy atom. The van der Waals surface area contributed by atoms with Crippen LogP contribution in [0.2, 0.25) is 0 Å². The summed E-state index contributed by atoms with van der Waals surface area (Å²) in [5, 5.41) is 2.87. The lowest BCUT2D eigenvalue weighted by Crippen LogP contribution is -2.37. The molecule has 148 valence electrons. The number of hydrogen-bond donors (Lipinski definition) is 1. The smallest absolute Gasteiger partial charge is 0.326 e. The zero-order valence-corrected chi connectivity index (χ0v) is 16.6. The van der Waals surface area contributed by atoms with Crippen LogP contribution in [0.1, 0.15) is 38.2 Å². The van der Waals surface area contributed by atoms with E-state index in [2.05, 4.69) is 24.1 Å². The molecule has 0 aliphatic heterocycles. The SMILES string of the molecule is CCC(C)c1ccc(NC(=O)CCn2cnc3c2c(=O)n(C)c(=O)n3C)cc1. The van der Waals surface area contributed by atoms with E-state index in [1.807, 2.05) is 24.3 Å². The van der Waals surface area contributed by atoms with Crippen molar-refractivity contribution in [3.8, 4) is 0 Å². The maximum atomic E-state index is 12.4. The number of hydrogen-bond acceptors (Lipinski definition) is 4. The Hall–Kier alpha value is -3.16. The monoisotopic (exact) mass is 383 g/mol. The maximum Gasteiger partial charge on any atom is 0.332 e. The van der Waals surface area contributed by atoms with Crippen LogP contribution in [0.15, 0.2) is 40.2 Å². The summed E-state index contributed by atoms with van der Waals surface area (Å²) in [5.74, 6) is 0.331. The van der Waals surface area contributed by atoms with Gasteiger partial charge in [-0.05, 0) is 30.0 Å². The zero-order chi connectivity index (χ0) is 20.4. The van der Waals surface area contributed by atoms with Crippen molar-refractivity contribution in [2.45, 2.75) is 39.2 Å². The Labute approximate surface area is 162 Å². The van der Waals surface area contributed by atoms with Gasteiger partial charge in [0.25, 0.3) is 5.56 Å². The summed E-state index contributed by atoms with van der Waals surface area (Å²) in [4.78, 5) is 40.9. The average molecular weight is 383 g/mol. The van der Waals surface area contributed by atoms with Crippen molar-refractivity contribution in [1.29, 1.82) is 0 Å². The first-order valence-electron chi connectivity index (χ1n) is 9.34. The highest BCUT2D eigenvalue weighted by Gasteiger charge is 2.15. The molecule has 0 saturated carbocycles. The topological polar surface area (TPSA) is 90.9 Å². The number of nitrogens with one attached hydrogen (secondary N) is 1. The van der Waals surface area contributed by atoms with Crippen molar-refractivity contribution in [1.82, 2.24) is 18.7 Å². The second-order valence-electron chi connectivity index (χ2n) is 7.05. The molecule has 0 radical (unpaired) electrons. The molecule has 1 atom stereocenters. The van der Waals surface area contributed by atoms with E-state index in [9.17, 15) is 14.4 Å². The minimum Gasteiger partial charge on any atom is -0.326 e. The van der Waals surface area contributed by atoms with Gasteiger partial charge >= 0.3 is 5.69 Å². The van der Waals surface area contributed by atoms with E-state index in [1.165, 1.54) is 23.5 Å². The Morgan fingerprint density at radius 2 is 1.82 bits per heavy atom. The quantitative estimate of drug-likeness (QED) is 0.705. The summed E-state index contributed by atoms with van der Waals surface area (Å²) >= 11 is 0. The van der Waals surface area contributed by atoms with E-state index in [0.29, 0.717) is 23.6 Å². The highest BCUT2D eigenvalue weighted by Crippen LogP contribution is 2.20. The summed E-state index contributed by atoms with van der Waals surface area (Å²) in [6.45, 7) is 4.61. The minimum absolute atomic E-state index is 0.153. The molecule has 0 fully saturated rings. The first-order valence-corrected chi connectivity index (χ1v) is 9.34. The van der Waals surface area contributed by atoms with E-state index < -0.39 is 11.2 Å². The van der Waals surface area contributed by atoms with Gasteiger partial charge in [0.05, 0.1) is 6.33 Å². The number of aromatic nitrogens is 4. The second kappa shape index (κ2) is 7.84. The van der Waals surface area contributed by atoms with E-state index in [1.54, 1.807) is 11.6 Å². The molecule has 28 heavy (non-hydrogen) atoms. The number of imidazole rings is 1. The third-order valence-electron chi connectivity index (χ3n) is 5.17. The van der Waals surface area contributed by atoms with Crippen LogP contribution in [0.4, 0.5) is 5.69 Å². The van der Waals surface area contributed by atoms with Crippen LogP contribution in [0.5, 0.6) is 0 Å². The Bertz CT molecular complexity index is 1120. The molecule has 0 aliphatic carbocycles. The number of nitrogens with zero attached hydrogens (tertiary/aromatic N) is 4. The standard InChI is InChI=1S/C20H25N5O3/c1-5-13(2)14-6-8-15(9-7-14)22-16(26)10-11-25-12-21-18-17(25)19(27)24(4)20(28)23(18)3/h6-9,12-13H,5,10-11H2,1-4H3,(H,22,26). The number of carbonyl (C=O) groups is 1. The number of carbonyl (C=O) groups excluding carboxylic acids is 1. The van der Waals surface area contributed by atoms with Crippen LogP contribution in [0.3, 0.4) is 0 Å². The van der Waals surface area contributed by atoms with Gasteiger partial charge in [0, 0.05) is 32.7 Å². The molecular weight excluding hydrogens is 358 g/mol. The highest BCUT2D eigenvalue weighted by atomic mass is 16.2. The largest absolute Gasteiger partial charge is 0.332 e. The summed E-state index contributed by atoms with van der Waals surface area (Å²) in [6.07, 6.45) is 2.74. The average Bonchev–Trinajstić information content (AvgIpc) is 3.13. The lowest BCUT2D eigenvalue weighted by Gasteiger charge is -2.11. The van der Waals surface area contributed by atoms with Gasteiger partial charge in [-0.25, -0.2) is 9.78 Å². The van der Waals surface area contributed by atoms with Crippen molar-refractivity contribution < 1.29 is 4.79 Å². The molecule has 2 aromatic heterocycles. The second-order valence-corrected chi connectivity index (χ2v) is 7.05. The van der Waals surface area contributed by atoms with Gasteiger partial charge in [0.15, 0.2) is 11.2 Å². The van der Waals surface area contributed by atoms with E-state index in [0.717, 1.165) is 16.7 Å². The first kappa shape index (κ1) is 19.6. The number of fused-ring (bicyclic) bond motifs is 1. The molecule has 3 rings (SSSR count). The van der Waals surface area contributed by atoms with E-state index in [-0.39, 0.29) is 12.3 Å². The normalized spacial score (nSPS) is 12.3. The Morgan fingerprint density at radius 1 is 1.14 bits per heavy atom. The van der Waals surface area contributed by atoms with Gasteiger partial charge in [-0.15, -0.1) is 0 Å². The van der Waals surface area contributed by atoms with Gasteiger partial charge in [0.2, 0.25) is 5.91 Å². The molecule has 1 aromatic carbocycles. The summed E-state index contributed by atoms with van der Waals surface area (Å²) < 4.78 is 3.98. The lowest BCUT2D eigenvalue weighted by molar-refractivity contribution is -0.116. The molecule has 2 heterocycles. The lowest BCUT2D eigenvalue weighted by atomic mass is 9.99. The summed E-state index contributed by atoms with van der Waals surface area (Å²) in [7, 11) is 2.99. The molecule has 1 amide bonds. The number of aryl methyl sites for hydroxylation is 2. The predicted molar refractivity (Wildman–Crippen MR) is 109 cm³/mol. The fraction of sp³-hybridized carbons (Fsp3) is 0.400. The predicted octanol–water partition coefficient (Wildman–Crippen LogP) is 1.98. The van der Waals surface area contributed by atoms with Crippen LogP contribution in [-0.4, -0.2) is 24.6 Å². The van der Waals surface area contributed by atoms with E-state index >= 15 is 0 Å². The van der Waals surface area contributed by atoms with Gasteiger partial charge in [-0.3, -0.25) is 18.7 Å². The van der Waals surface area contributed by atoms with Crippen molar-refractivity contribution in [3.63, 3.8) is 0 Å². The molecule has 0 bridgehead atoms. The third-order valence-corrected chi connectivity index (χ3v) is 5.17. The third kappa shape index (κ3) is 3.62. The molecule has 8 nitrogen and oxygen atoms in total.